The number of carboxylic acid groups (broad SMARTS) is 1. The average molecular weight is 354 g/mol. The molecular formula is C13H15ClF3N3O3. The maximum atomic E-state index is 11.7. The number of rotatable bonds is 3. The van der Waals surface area contributed by atoms with E-state index in [-0.39, 0.29) is 5.91 Å². The van der Waals surface area contributed by atoms with Gasteiger partial charge in [0.2, 0.25) is 0 Å². The monoisotopic (exact) mass is 353 g/mol. The molecule has 23 heavy (non-hydrogen) atoms. The lowest BCUT2D eigenvalue weighted by atomic mass is 10.1. The fourth-order valence-corrected chi connectivity index (χ4v) is 1.85. The quantitative estimate of drug-likeness (QED) is 0.720. The molecule has 1 saturated heterocycles. The summed E-state index contributed by atoms with van der Waals surface area (Å²) in [4.78, 5) is 24.5. The highest BCUT2D eigenvalue weighted by Crippen LogP contribution is 2.13. The highest BCUT2D eigenvalue weighted by molar-refractivity contribution is 6.29. The largest absolute Gasteiger partial charge is 0.490 e. The topological polar surface area (TPSA) is 91.3 Å². The van der Waals surface area contributed by atoms with E-state index in [1.54, 1.807) is 12.1 Å². The maximum Gasteiger partial charge on any atom is 0.490 e. The van der Waals surface area contributed by atoms with E-state index in [0.717, 1.165) is 19.5 Å². The first kappa shape index (κ1) is 19.2. The van der Waals surface area contributed by atoms with Crippen LogP contribution >= 0.6 is 11.6 Å². The number of hydrogen-bond acceptors (Lipinski definition) is 4. The van der Waals surface area contributed by atoms with Crippen molar-refractivity contribution in [2.45, 2.75) is 12.6 Å². The minimum absolute atomic E-state index is 0.0870. The molecule has 0 saturated carbocycles. The molecule has 1 amide bonds. The number of aromatic nitrogens is 1. The van der Waals surface area contributed by atoms with Crippen LogP contribution in [-0.4, -0.2) is 47.8 Å². The maximum absolute atomic E-state index is 11.7. The van der Waals surface area contributed by atoms with Crippen molar-refractivity contribution in [3.8, 4) is 0 Å². The molecule has 0 bridgehead atoms. The zero-order chi connectivity index (χ0) is 17.5. The van der Waals surface area contributed by atoms with Gasteiger partial charge in [0.1, 0.15) is 5.15 Å². The third-order valence-electron chi connectivity index (χ3n) is 2.95. The Morgan fingerprint density at radius 1 is 1.43 bits per heavy atom. The van der Waals surface area contributed by atoms with Gasteiger partial charge in [0.25, 0.3) is 5.91 Å². The summed E-state index contributed by atoms with van der Waals surface area (Å²) in [6.07, 6.45) is -2.47. The summed E-state index contributed by atoms with van der Waals surface area (Å²) in [6.45, 7) is 2.75. The summed E-state index contributed by atoms with van der Waals surface area (Å²) in [5.74, 6) is -2.30. The second-order valence-corrected chi connectivity index (χ2v) is 5.13. The Morgan fingerprint density at radius 3 is 2.52 bits per heavy atom. The van der Waals surface area contributed by atoms with Gasteiger partial charge in [-0.3, -0.25) is 4.79 Å². The van der Waals surface area contributed by atoms with Crippen molar-refractivity contribution in [1.82, 2.24) is 15.6 Å². The van der Waals surface area contributed by atoms with Crippen LogP contribution in [0, 0.1) is 5.92 Å². The molecule has 1 aromatic rings. The molecule has 2 rings (SSSR count). The van der Waals surface area contributed by atoms with Gasteiger partial charge in [-0.05, 0) is 37.6 Å². The number of halogens is 4. The number of nitrogens with one attached hydrogen (secondary N) is 2. The van der Waals surface area contributed by atoms with Gasteiger partial charge >= 0.3 is 12.1 Å². The second-order valence-electron chi connectivity index (χ2n) is 4.74. The lowest BCUT2D eigenvalue weighted by molar-refractivity contribution is -0.192. The van der Waals surface area contributed by atoms with Crippen LogP contribution < -0.4 is 10.6 Å². The minimum Gasteiger partial charge on any atom is -0.475 e. The zero-order valence-corrected chi connectivity index (χ0v) is 12.6. The van der Waals surface area contributed by atoms with Crippen LogP contribution in [0.1, 0.15) is 16.8 Å². The van der Waals surface area contributed by atoms with Gasteiger partial charge in [-0.1, -0.05) is 11.6 Å². The third kappa shape index (κ3) is 7.29. The van der Waals surface area contributed by atoms with Gasteiger partial charge in [0.05, 0.1) is 5.56 Å². The minimum atomic E-state index is -5.08. The molecule has 10 heteroatoms. The van der Waals surface area contributed by atoms with Crippen molar-refractivity contribution in [2.24, 2.45) is 5.92 Å². The lowest BCUT2D eigenvalue weighted by Gasteiger charge is -2.09. The van der Waals surface area contributed by atoms with Crippen LogP contribution in [0.2, 0.25) is 5.15 Å². The third-order valence-corrected chi connectivity index (χ3v) is 3.17. The SMILES string of the molecule is O=C(NC[C@H]1CCNC1)c1ccc(Cl)nc1.O=C(O)C(F)(F)F. The van der Waals surface area contributed by atoms with E-state index in [1.807, 2.05) is 0 Å². The van der Waals surface area contributed by atoms with Gasteiger partial charge in [-0.25, -0.2) is 9.78 Å². The van der Waals surface area contributed by atoms with Crippen molar-refractivity contribution in [1.29, 1.82) is 0 Å². The molecule has 1 aliphatic heterocycles. The summed E-state index contributed by atoms with van der Waals surface area (Å²) in [5.41, 5.74) is 0.551. The van der Waals surface area contributed by atoms with Crippen LogP contribution in [0.5, 0.6) is 0 Å². The molecule has 128 valence electrons. The Hall–Kier alpha value is -1.87. The lowest BCUT2D eigenvalue weighted by Crippen LogP contribution is -2.30. The molecule has 0 unspecified atom stereocenters. The van der Waals surface area contributed by atoms with E-state index in [2.05, 4.69) is 15.6 Å². The predicted octanol–water partition coefficient (Wildman–Crippen LogP) is 1.71. The first-order chi connectivity index (χ1) is 10.7. The highest BCUT2D eigenvalue weighted by Gasteiger charge is 2.38. The summed E-state index contributed by atoms with van der Waals surface area (Å²) in [5, 5.41) is 13.7. The van der Waals surface area contributed by atoms with Gasteiger partial charge in [0.15, 0.2) is 0 Å². The van der Waals surface area contributed by atoms with Gasteiger partial charge < -0.3 is 15.7 Å². The average Bonchev–Trinajstić information content (AvgIpc) is 2.98. The van der Waals surface area contributed by atoms with Crippen molar-refractivity contribution >= 4 is 23.5 Å². The standard InChI is InChI=1S/C11H14ClN3O.C2HF3O2/c12-10-2-1-9(7-14-10)11(16)15-6-8-3-4-13-5-8;3-2(4,5)1(6)7/h1-2,7-8,13H,3-6H2,(H,15,16);(H,6,7)/t8-;/m0./s1. The molecule has 3 N–H and O–H groups in total. The van der Waals surface area contributed by atoms with E-state index < -0.39 is 12.1 Å². The molecule has 0 aliphatic carbocycles. The smallest absolute Gasteiger partial charge is 0.475 e. The van der Waals surface area contributed by atoms with Crippen molar-refractivity contribution in [3.05, 3.63) is 29.0 Å². The van der Waals surface area contributed by atoms with Crippen LogP contribution in [0.3, 0.4) is 0 Å². The molecule has 1 atom stereocenters. The van der Waals surface area contributed by atoms with Crippen LogP contribution in [0.4, 0.5) is 13.2 Å². The first-order valence-electron chi connectivity index (χ1n) is 6.60. The zero-order valence-electron chi connectivity index (χ0n) is 11.9. The van der Waals surface area contributed by atoms with E-state index in [4.69, 9.17) is 21.5 Å². The van der Waals surface area contributed by atoms with Crippen molar-refractivity contribution < 1.29 is 27.9 Å². The number of pyridine rings is 1. The van der Waals surface area contributed by atoms with E-state index >= 15 is 0 Å². The number of nitrogens with zero attached hydrogens (tertiary/aromatic N) is 1. The van der Waals surface area contributed by atoms with Crippen molar-refractivity contribution in [3.63, 3.8) is 0 Å². The summed E-state index contributed by atoms with van der Waals surface area (Å²) < 4.78 is 31.7. The molecule has 0 aromatic carbocycles. The Morgan fingerprint density at radius 2 is 2.09 bits per heavy atom. The molecule has 1 aliphatic rings. The van der Waals surface area contributed by atoms with E-state index in [1.165, 1.54) is 6.20 Å². The fourth-order valence-electron chi connectivity index (χ4n) is 1.74. The van der Waals surface area contributed by atoms with Crippen molar-refractivity contribution in [2.75, 3.05) is 19.6 Å². The van der Waals surface area contributed by atoms with Gasteiger partial charge in [0, 0.05) is 12.7 Å². The second kappa shape index (κ2) is 8.68. The molecule has 2 heterocycles. The number of amides is 1. The van der Waals surface area contributed by atoms with Gasteiger partial charge in [-0.15, -0.1) is 0 Å². The summed E-state index contributed by atoms with van der Waals surface area (Å²) in [7, 11) is 0. The van der Waals surface area contributed by atoms with Gasteiger partial charge in [-0.2, -0.15) is 13.2 Å². The number of carbonyl (C=O) groups excluding carboxylic acids is 1. The number of carbonyl (C=O) groups is 2. The van der Waals surface area contributed by atoms with E-state index in [0.29, 0.717) is 23.2 Å². The predicted molar refractivity (Wildman–Crippen MR) is 76.2 cm³/mol. The summed E-state index contributed by atoms with van der Waals surface area (Å²) in [6, 6.07) is 3.30. The molecule has 0 radical (unpaired) electrons. The highest BCUT2D eigenvalue weighted by atomic mass is 35.5. The summed E-state index contributed by atoms with van der Waals surface area (Å²) >= 11 is 5.65. The molecular weight excluding hydrogens is 339 g/mol. The number of carboxylic acids is 1. The fraction of sp³-hybridized carbons (Fsp3) is 0.462. The van der Waals surface area contributed by atoms with Crippen LogP contribution in [0.15, 0.2) is 18.3 Å². The Labute approximate surface area is 135 Å². The number of aliphatic carboxylic acids is 1. The molecule has 6 nitrogen and oxygen atoms in total. The van der Waals surface area contributed by atoms with E-state index in [9.17, 15) is 18.0 Å². The Bertz CT molecular complexity index is 532. The molecule has 0 spiro atoms. The molecule has 1 aromatic heterocycles. The van der Waals surface area contributed by atoms with Crippen LogP contribution in [-0.2, 0) is 4.79 Å². The molecule has 1 fully saturated rings. The number of hydrogen-bond donors (Lipinski definition) is 3. The number of alkyl halides is 3. The normalized spacial score (nSPS) is 17.1. The Kier molecular flexibility index (Phi) is 7.24. The Balaban J connectivity index is 0.000000322. The first-order valence-corrected chi connectivity index (χ1v) is 6.98. The van der Waals surface area contributed by atoms with Crippen LogP contribution in [0.25, 0.3) is 0 Å².